The largest absolute Gasteiger partial charge is 0.463 e. The highest BCUT2D eigenvalue weighted by Crippen LogP contribution is 2.40. The molecule has 0 spiro atoms. The van der Waals surface area contributed by atoms with E-state index in [9.17, 15) is 19.2 Å². The third-order valence-corrected chi connectivity index (χ3v) is 6.62. The summed E-state index contributed by atoms with van der Waals surface area (Å²) in [4.78, 5) is 47.6. The molecule has 2 aromatic rings. The smallest absolute Gasteiger partial charge is 0.303 e. The molecule has 12 heteroatoms. The zero-order chi connectivity index (χ0) is 29.0. The standard InChI is InChI=1S/C28H34N2O10/c1-14-22(12-19-6-8-20(9-7-19)21-10-11-21)27(30-29-14)40-28-26(38-18(5)34)25(37-17(4)33)24(36-16(3)32)23(39-28)13-35-15(2)31/h6-9,21,23-26,28H,10-13H2,1-5H3,(H,29,30)/t23-,24-,25+,26-,28?/m1/s1. The van der Waals surface area contributed by atoms with Crippen LogP contribution >= 0.6 is 0 Å². The van der Waals surface area contributed by atoms with Crippen molar-refractivity contribution in [1.29, 1.82) is 0 Å². The number of esters is 4. The number of benzene rings is 1. The summed E-state index contributed by atoms with van der Waals surface area (Å²) in [5, 5.41) is 7.19. The molecular weight excluding hydrogens is 524 g/mol. The monoisotopic (exact) mass is 558 g/mol. The number of nitrogens with one attached hydrogen (secondary N) is 1. The Balaban J connectivity index is 1.64. The fraction of sp³-hybridized carbons (Fsp3) is 0.536. The molecule has 216 valence electrons. The van der Waals surface area contributed by atoms with Gasteiger partial charge < -0.3 is 28.4 Å². The van der Waals surface area contributed by atoms with E-state index < -0.39 is 54.6 Å². The topological polar surface area (TPSA) is 152 Å². The Labute approximate surface area is 231 Å². The summed E-state index contributed by atoms with van der Waals surface area (Å²) in [5.41, 5.74) is 3.86. The van der Waals surface area contributed by atoms with E-state index in [0.717, 1.165) is 30.7 Å². The van der Waals surface area contributed by atoms with Crippen molar-refractivity contribution < 1.29 is 47.6 Å². The van der Waals surface area contributed by atoms with Gasteiger partial charge in [-0.05, 0) is 36.8 Å². The lowest BCUT2D eigenvalue weighted by atomic mass is 9.98. The van der Waals surface area contributed by atoms with Gasteiger partial charge in [-0.2, -0.15) is 0 Å². The van der Waals surface area contributed by atoms with Crippen molar-refractivity contribution in [3.05, 3.63) is 46.6 Å². The summed E-state index contributed by atoms with van der Waals surface area (Å²) in [7, 11) is 0. The number of nitrogens with zero attached hydrogens (tertiary/aromatic N) is 1. The van der Waals surface area contributed by atoms with Crippen molar-refractivity contribution in [1.82, 2.24) is 10.2 Å². The Kier molecular flexibility index (Phi) is 9.08. The van der Waals surface area contributed by atoms with Crippen molar-refractivity contribution in [3.8, 4) is 5.88 Å². The van der Waals surface area contributed by atoms with E-state index in [1.165, 1.54) is 32.3 Å². The quantitative estimate of drug-likeness (QED) is 0.338. The summed E-state index contributed by atoms with van der Waals surface area (Å²) >= 11 is 0. The fourth-order valence-corrected chi connectivity index (χ4v) is 4.66. The summed E-state index contributed by atoms with van der Waals surface area (Å²) in [6.45, 7) is 6.19. The first-order valence-electron chi connectivity index (χ1n) is 13.1. The number of aryl methyl sites for hydroxylation is 1. The van der Waals surface area contributed by atoms with Gasteiger partial charge in [0.2, 0.25) is 18.3 Å². The Hall–Kier alpha value is -3.93. The molecule has 40 heavy (non-hydrogen) atoms. The normalized spacial score (nSPS) is 24.1. The maximum atomic E-state index is 12.1. The SMILES string of the molecule is CC(=O)OC[C@H]1OC(Oc2n[nH]c(C)c2Cc2ccc(C3CC3)cc2)[C@H](OC(C)=O)[C@@H](OC(C)=O)[C@@H]1OC(C)=O. The molecule has 0 amide bonds. The highest BCUT2D eigenvalue weighted by Gasteiger charge is 2.53. The van der Waals surface area contributed by atoms with E-state index in [1.54, 1.807) is 0 Å². The van der Waals surface area contributed by atoms with Crippen LogP contribution in [0.25, 0.3) is 0 Å². The van der Waals surface area contributed by atoms with Crippen molar-refractivity contribution in [2.24, 2.45) is 0 Å². The summed E-state index contributed by atoms with van der Waals surface area (Å²) in [6.07, 6.45) is -3.50. The van der Waals surface area contributed by atoms with Gasteiger partial charge in [-0.1, -0.05) is 24.3 Å². The van der Waals surface area contributed by atoms with E-state index in [-0.39, 0.29) is 12.5 Å². The summed E-state index contributed by atoms with van der Waals surface area (Å²) in [6, 6.07) is 8.39. The third kappa shape index (κ3) is 7.38. The van der Waals surface area contributed by atoms with E-state index >= 15 is 0 Å². The van der Waals surface area contributed by atoms with Gasteiger partial charge in [0.25, 0.3) is 0 Å². The molecule has 12 nitrogen and oxygen atoms in total. The lowest BCUT2D eigenvalue weighted by Gasteiger charge is -2.43. The number of hydrogen-bond donors (Lipinski definition) is 1. The van der Waals surface area contributed by atoms with Crippen LogP contribution in [0.5, 0.6) is 5.88 Å². The van der Waals surface area contributed by atoms with Crippen LogP contribution in [0.2, 0.25) is 0 Å². The molecule has 4 rings (SSSR count). The molecule has 2 aliphatic rings. The van der Waals surface area contributed by atoms with Crippen LogP contribution in [-0.4, -0.2) is 71.4 Å². The molecule has 2 fully saturated rings. The lowest BCUT2D eigenvalue weighted by Crippen LogP contribution is -2.63. The minimum Gasteiger partial charge on any atom is -0.463 e. The number of ether oxygens (including phenoxy) is 6. The zero-order valence-corrected chi connectivity index (χ0v) is 23.1. The number of carbonyl (C=O) groups excluding carboxylic acids is 4. The highest BCUT2D eigenvalue weighted by molar-refractivity contribution is 5.68. The van der Waals surface area contributed by atoms with Gasteiger partial charge in [0.15, 0.2) is 12.2 Å². The van der Waals surface area contributed by atoms with Crippen LogP contribution in [0.3, 0.4) is 0 Å². The molecule has 1 saturated heterocycles. The second kappa shape index (κ2) is 12.5. The third-order valence-electron chi connectivity index (χ3n) is 6.62. The Morgan fingerprint density at radius 2 is 1.48 bits per heavy atom. The minimum absolute atomic E-state index is 0.185. The lowest BCUT2D eigenvalue weighted by molar-refractivity contribution is -0.289. The Morgan fingerprint density at radius 1 is 0.875 bits per heavy atom. The first-order valence-corrected chi connectivity index (χ1v) is 13.1. The summed E-state index contributed by atoms with van der Waals surface area (Å²) < 4.78 is 33.7. The van der Waals surface area contributed by atoms with Crippen molar-refractivity contribution in [2.45, 2.75) is 90.5 Å². The molecule has 0 radical (unpaired) electrons. The van der Waals surface area contributed by atoms with Gasteiger partial charge in [-0.25, -0.2) is 0 Å². The zero-order valence-electron chi connectivity index (χ0n) is 23.1. The van der Waals surface area contributed by atoms with Crippen molar-refractivity contribution in [2.75, 3.05) is 6.61 Å². The van der Waals surface area contributed by atoms with Crippen LogP contribution in [-0.2, 0) is 49.3 Å². The first-order chi connectivity index (χ1) is 19.0. The van der Waals surface area contributed by atoms with Gasteiger partial charge in [0, 0.05) is 45.4 Å². The average Bonchev–Trinajstić information content (AvgIpc) is 3.67. The van der Waals surface area contributed by atoms with E-state index in [0.29, 0.717) is 12.3 Å². The van der Waals surface area contributed by atoms with Gasteiger partial charge in [-0.15, -0.1) is 5.10 Å². The molecule has 0 bridgehead atoms. The number of H-pyrrole nitrogens is 1. The van der Waals surface area contributed by atoms with Crippen LogP contribution in [0.4, 0.5) is 0 Å². The molecule has 1 aliphatic carbocycles. The van der Waals surface area contributed by atoms with Gasteiger partial charge >= 0.3 is 23.9 Å². The summed E-state index contributed by atoms with van der Waals surface area (Å²) in [5.74, 6) is -1.93. The van der Waals surface area contributed by atoms with Crippen molar-refractivity contribution in [3.63, 3.8) is 0 Å². The molecule has 1 aromatic heterocycles. The highest BCUT2D eigenvalue weighted by atomic mass is 16.7. The number of carbonyl (C=O) groups is 4. The average molecular weight is 559 g/mol. The number of rotatable bonds is 10. The molecule has 1 saturated carbocycles. The molecule has 1 aliphatic heterocycles. The molecule has 5 atom stereocenters. The molecular formula is C28H34N2O10. The number of aromatic nitrogens is 2. The van der Waals surface area contributed by atoms with Gasteiger partial charge in [-0.3, -0.25) is 24.3 Å². The molecule has 1 unspecified atom stereocenters. The number of hydrogen-bond acceptors (Lipinski definition) is 11. The maximum absolute atomic E-state index is 12.1. The van der Waals surface area contributed by atoms with Crippen LogP contribution in [0, 0.1) is 6.92 Å². The molecule has 1 aromatic carbocycles. The van der Waals surface area contributed by atoms with Crippen molar-refractivity contribution >= 4 is 23.9 Å². The second-order valence-electron chi connectivity index (χ2n) is 10.0. The second-order valence-corrected chi connectivity index (χ2v) is 10.0. The predicted molar refractivity (Wildman–Crippen MR) is 137 cm³/mol. The Bertz CT molecular complexity index is 1240. The minimum atomic E-state index is -1.36. The predicted octanol–water partition coefficient (Wildman–Crippen LogP) is 2.65. The van der Waals surface area contributed by atoms with Crippen LogP contribution < -0.4 is 4.74 Å². The van der Waals surface area contributed by atoms with Crippen LogP contribution in [0.15, 0.2) is 24.3 Å². The number of aromatic amines is 1. The van der Waals surface area contributed by atoms with E-state index in [4.69, 9.17) is 28.4 Å². The molecule has 1 N–H and O–H groups in total. The van der Waals surface area contributed by atoms with E-state index in [1.807, 2.05) is 6.92 Å². The fourth-order valence-electron chi connectivity index (χ4n) is 4.66. The van der Waals surface area contributed by atoms with Crippen LogP contribution in [0.1, 0.15) is 68.8 Å². The van der Waals surface area contributed by atoms with Gasteiger partial charge in [0.1, 0.15) is 12.7 Å². The van der Waals surface area contributed by atoms with Gasteiger partial charge in [0.05, 0.1) is 0 Å². The molecule has 2 heterocycles. The maximum Gasteiger partial charge on any atom is 0.303 e. The first kappa shape index (κ1) is 29.1. The Morgan fingerprint density at radius 3 is 2.05 bits per heavy atom. The van der Waals surface area contributed by atoms with E-state index in [2.05, 4.69) is 34.5 Å².